The average Bonchev–Trinajstić information content (AvgIpc) is 2.56. The van der Waals surface area contributed by atoms with Crippen LogP contribution in [0.15, 0.2) is 54.6 Å². The molecule has 2 aromatic rings. The molecule has 128 valence electrons. The summed E-state index contributed by atoms with van der Waals surface area (Å²) >= 11 is 6.15. The lowest BCUT2D eigenvalue weighted by Crippen LogP contribution is -2.25. The number of non-ortho nitro benzene ring substituents is 1. The highest BCUT2D eigenvalue weighted by Gasteiger charge is 2.35. The standard InChI is InChI=1S/C17H22N3O2PS/c1-18(2)23(24,19(3)4)17(14-8-6-5-7-9-14)15-10-12-16(13-11-15)20(21)22/h5-13,17H,1-4H3. The Morgan fingerprint density at radius 2 is 1.38 bits per heavy atom. The predicted molar refractivity (Wildman–Crippen MR) is 103 cm³/mol. The van der Waals surface area contributed by atoms with Crippen LogP contribution in [0.3, 0.4) is 0 Å². The molecule has 0 aromatic heterocycles. The third-order valence-electron chi connectivity index (χ3n) is 4.02. The van der Waals surface area contributed by atoms with E-state index >= 15 is 0 Å². The minimum atomic E-state index is -2.13. The molecule has 0 N–H and O–H groups in total. The van der Waals surface area contributed by atoms with Gasteiger partial charge in [-0.05, 0) is 39.3 Å². The zero-order valence-electron chi connectivity index (χ0n) is 14.3. The van der Waals surface area contributed by atoms with Crippen molar-refractivity contribution in [3.63, 3.8) is 0 Å². The number of hydrogen-bond acceptors (Lipinski definition) is 3. The van der Waals surface area contributed by atoms with Crippen LogP contribution in [0.25, 0.3) is 0 Å². The van der Waals surface area contributed by atoms with Crippen molar-refractivity contribution >= 4 is 23.8 Å². The lowest BCUT2D eigenvalue weighted by atomic mass is 10.0. The molecule has 0 bridgehead atoms. The lowest BCUT2D eigenvalue weighted by Gasteiger charge is -2.41. The van der Waals surface area contributed by atoms with Gasteiger partial charge in [0.15, 0.2) is 0 Å². The summed E-state index contributed by atoms with van der Waals surface area (Å²) in [5.74, 6) is 0. The van der Waals surface area contributed by atoms with Crippen molar-refractivity contribution in [2.45, 2.75) is 5.66 Å². The third-order valence-corrected chi connectivity index (χ3v) is 10.2. The zero-order chi connectivity index (χ0) is 17.9. The summed E-state index contributed by atoms with van der Waals surface area (Å²) in [5, 5.41) is 10.9. The molecule has 0 spiro atoms. The van der Waals surface area contributed by atoms with Crippen molar-refractivity contribution in [1.82, 2.24) is 9.34 Å². The van der Waals surface area contributed by atoms with Crippen LogP contribution in [0.4, 0.5) is 5.69 Å². The molecule has 0 amide bonds. The minimum Gasteiger partial charge on any atom is -0.269 e. The highest BCUT2D eigenvalue weighted by molar-refractivity contribution is 8.12. The Morgan fingerprint density at radius 3 is 1.79 bits per heavy atom. The van der Waals surface area contributed by atoms with E-state index < -0.39 is 6.34 Å². The van der Waals surface area contributed by atoms with Crippen molar-refractivity contribution in [2.75, 3.05) is 28.2 Å². The molecule has 0 aliphatic heterocycles. The van der Waals surface area contributed by atoms with E-state index in [1.54, 1.807) is 12.1 Å². The molecule has 0 aliphatic carbocycles. The highest BCUT2D eigenvalue weighted by Crippen LogP contribution is 2.64. The molecule has 1 atom stereocenters. The quantitative estimate of drug-likeness (QED) is 0.439. The third kappa shape index (κ3) is 3.57. The summed E-state index contributed by atoms with van der Waals surface area (Å²) in [6.07, 6.45) is -2.13. The van der Waals surface area contributed by atoms with Gasteiger partial charge in [-0.1, -0.05) is 54.3 Å². The topological polar surface area (TPSA) is 49.6 Å². The van der Waals surface area contributed by atoms with E-state index in [9.17, 15) is 10.1 Å². The number of nitro groups is 1. The van der Waals surface area contributed by atoms with Crippen molar-refractivity contribution in [3.05, 3.63) is 75.8 Å². The summed E-state index contributed by atoms with van der Waals surface area (Å²) in [5.41, 5.74) is 2.18. The molecular weight excluding hydrogens is 341 g/mol. The first kappa shape index (κ1) is 18.7. The number of benzene rings is 2. The van der Waals surface area contributed by atoms with Gasteiger partial charge in [0, 0.05) is 12.1 Å². The SMILES string of the molecule is CN(C)P(=S)(C(c1ccccc1)c1ccc([N+](=O)[O-])cc1)N(C)C. The van der Waals surface area contributed by atoms with Gasteiger partial charge in [-0.2, -0.15) is 0 Å². The van der Waals surface area contributed by atoms with Gasteiger partial charge >= 0.3 is 0 Å². The van der Waals surface area contributed by atoms with Crippen LogP contribution in [0.2, 0.25) is 0 Å². The first-order chi connectivity index (χ1) is 11.3. The molecule has 0 saturated heterocycles. The van der Waals surface area contributed by atoms with Gasteiger partial charge in [0.25, 0.3) is 5.69 Å². The second-order valence-electron chi connectivity index (χ2n) is 5.95. The fourth-order valence-corrected chi connectivity index (χ4v) is 6.30. The Labute approximate surface area is 148 Å². The largest absolute Gasteiger partial charge is 0.269 e. The number of nitro benzene ring substituents is 1. The second-order valence-corrected chi connectivity index (χ2v) is 10.9. The van der Waals surface area contributed by atoms with Gasteiger partial charge in [-0.3, -0.25) is 19.5 Å². The molecule has 2 rings (SSSR count). The van der Waals surface area contributed by atoms with Crippen LogP contribution in [-0.4, -0.2) is 42.5 Å². The van der Waals surface area contributed by atoms with Crippen molar-refractivity contribution in [3.8, 4) is 0 Å². The molecule has 0 heterocycles. The zero-order valence-corrected chi connectivity index (χ0v) is 16.0. The smallest absolute Gasteiger partial charge is 0.269 e. The summed E-state index contributed by atoms with van der Waals surface area (Å²) in [7, 11) is 8.01. The lowest BCUT2D eigenvalue weighted by molar-refractivity contribution is -0.384. The first-order valence-electron chi connectivity index (χ1n) is 7.53. The highest BCUT2D eigenvalue weighted by atomic mass is 32.4. The molecule has 0 fully saturated rings. The molecule has 1 unspecified atom stereocenters. The maximum absolute atomic E-state index is 10.9. The van der Waals surface area contributed by atoms with Crippen molar-refractivity contribution in [2.24, 2.45) is 0 Å². The summed E-state index contributed by atoms with van der Waals surface area (Å²) < 4.78 is 4.23. The van der Waals surface area contributed by atoms with Gasteiger partial charge in [-0.25, -0.2) is 0 Å². The van der Waals surface area contributed by atoms with E-state index in [4.69, 9.17) is 11.8 Å². The molecule has 5 nitrogen and oxygen atoms in total. The van der Waals surface area contributed by atoms with E-state index in [2.05, 4.69) is 21.5 Å². The first-order valence-corrected chi connectivity index (χ1v) is 10.3. The van der Waals surface area contributed by atoms with Crippen LogP contribution in [0, 0.1) is 10.1 Å². The normalized spacial score (nSPS) is 13.2. The fourth-order valence-electron chi connectivity index (χ4n) is 2.81. The molecule has 0 aliphatic rings. The van der Waals surface area contributed by atoms with Gasteiger partial charge in [0.05, 0.1) is 16.9 Å². The Morgan fingerprint density at radius 1 is 0.917 bits per heavy atom. The fraction of sp³-hybridized carbons (Fsp3) is 0.294. The van der Waals surface area contributed by atoms with E-state index in [0.29, 0.717) is 0 Å². The number of nitrogens with zero attached hydrogens (tertiary/aromatic N) is 3. The van der Waals surface area contributed by atoms with E-state index in [-0.39, 0.29) is 16.3 Å². The minimum absolute atomic E-state index is 0.0282. The van der Waals surface area contributed by atoms with E-state index in [0.717, 1.165) is 11.1 Å². The van der Waals surface area contributed by atoms with Crippen molar-refractivity contribution in [1.29, 1.82) is 0 Å². The predicted octanol–water partition coefficient (Wildman–Crippen LogP) is 4.12. The molecular formula is C17H22N3O2PS. The molecule has 7 heteroatoms. The maximum Gasteiger partial charge on any atom is 0.269 e. The Kier molecular flexibility index (Phi) is 5.88. The van der Waals surface area contributed by atoms with Gasteiger partial charge in [0.1, 0.15) is 0 Å². The van der Waals surface area contributed by atoms with Crippen LogP contribution in [0.1, 0.15) is 16.8 Å². The monoisotopic (exact) mass is 363 g/mol. The van der Waals surface area contributed by atoms with Crippen molar-refractivity contribution < 1.29 is 4.92 Å². The van der Waals surface area contributed by atoms with Crippen LogP contribution >= 0.6 is 6.34 Å². The van der Waals surface area contributed by atoms with Gasteiger partial charge in [-0.15, -0.1) is 0 Å². The summed E-state index contributed by atoms with van der Waals surface area (Å²) in [6, 6.07) is 16.9. The molecule has 0 saturated carbocycles. The summed E-state index contributed by atoms with van der Waals surface area (Å²) in [6.45, 7) is 0. The van der Waals surface area contributed by atoms with Crippen LogP contribution in [0.5, 0.6) is 0 Å². The van der Waals surface area contributed by atoms with E-state index in [1.807, 2.05) is 58.5 Å². The van der Waals surface area contributed by atoms with Gasteiger partial charge < -0.3 is 0 Å². The number of hydrogen-bond donors (Lipinski definition) is 0. The average molecular weight is 363 g/mol. The summed E-state index contributed by atoms with van der Waals surface area (Å²) in [4.78, 5) is 10.6. The maximum atomic E-state index is 10.9. The van der Waals surface area contributed by atoms with E-state index in [1.165, 1.54) is 0 Å². The number of rotatable bonds is 6. The Balaban J connectivity index is 2.64. The van der Waals surface area contributed by atoms with Crippen LogP contribution in [-0.2, 0) is 11.8 Å². The molecule has 0 radical (unpaired) electrons. The Bertz CT molecular complexity index is 736. The van der Waals surface area contributed by atoms with Crippen LogP contribution < -0.4 is 0 Å². The second kappa shape index (κ2) is 7.53. The molecule has 24 heavy (non-hydrogen) atoms. The Hall–Kier alpha value is -1.59. The van der Waals surface area contributed by atoms with Gasteiger partial charge in [0.2, 0.25) is 0 Å². The molecule has 2 aromatic carbocycles.